The second-order valence-corrected chi connectivity index (χ2v) is 4.26. The average molecular weight is 214 g/mol. The van der Waals surface area contributed by atoms with Gasteiger partial charge in [0.1, 0.15) is 11.4 Å². The molecule has 2 heteroatoms. The first-order valence-corrected chi connectivity index (χ1v) is 5.79. The lowest BCUT2D eigenvalue weighted by atomic mass is 9.86. The van der Waals surface area contributed by atoms with Crippen molar-refractivity contribution in [3.8, 4) is 11.8 Å². The lowest BCUT2D eigenvalue weighted by Gasteiger charge is -2.37. The lowest BCUT2D eigenvalue weighted by Crippen LogP contribution is -2.37. The summed E-state index contributed by atoms with van der Waals surface area (Å²) in [6.45, 7) is 4.32. The lowest BCUT2D eigenvalue weighted by molar-refractivity contribution is 0.0509. The molecule has 0 amide bonds. The molecule has 0 N–H and O–H groups in total. The third-order valence-electron chi connectivity index (χ3n) is 3.45. The van der Waals surface area contributed by atoms with Crippen LogP contribution < -0.4 is 4.74 Å². The summed E-state index contributed by atoms with van der Waals surface area (Å²) in [7, 11) is 0. The molecule has 0 saturated heterocycles. The van der Waals surface area contributed by atoms with E-state index >= 15 is 0 Å². The van der Waals surface area contributed by atoms with E-state index < -0.39 is 0 Å². The average Bonchev–Trinajstić information content (AvgIpc) is 2.37. The van der Waals surface area contributed by atoms with Crippen molar-refractivity contribution in [1.82, 2.24) is 0 Å². The fourth-order valence-corrected chi connectivity index (χ4v) is 2.12. The van der Waals surface area contributed by atoms with E-state index in [-0.39, 0.29) is 5.60 Å². The summed E-state index contributed by atoms with van der Waals surface area (Å²) in [6, 6.07) is 7.76. The number of nitriles is 1. The number of nitrogens with zero attached hydrogens (tertiary/aromatic N) is 1. The first-order valence-electron chi connectivity index (χ1n) is 5.79. The maximum atomic E-state index is 8.83. The third-order valence-corrected chi connectivity index (χ3v) is 3.45. The van der Waals surface area contributed by atoms with Gasteiger partial charge in [0.25, 0.3) is 0 Å². The molecule has 1 aliphatic heterocycles. The van der Waals surface area contributed by atoms with Crippen LogP contribution in [0.2, 0.25) is 0 Å². The highest BCUT2D eigenvalue weighted by Crippen LogP contribution is 2.38. The maximum absolute atomic E-state index is 8.83. The molecule has 1 aromatic rings. The van der Waals surface area contributed by atoms with Crippen molar-refractivity contribution < 1.29 is 4.74 Å². The van der Waals surface area contributed by atoms with Crippen molar-refractivity contribution in [3.63, 3.8) is 0 Å². The summed E-state index contributed by atoms with van der Waals surface area (Å²) in [4.78, 5) is 0. The Labute approximate surface area is 96.9 Å². The van der Waals surface area contributed by atoms with E-state index in [1.165, 1.54) is 0 Å². The summed E-state index contributed by atoms with van der Waals surface area (Å²) in [5.41, 5.74) is 1.71. The molecule has 0 atom stereocenters. The topological polar surface area (TPSA) is 33.0 Å². The van der Waals surface area contributed by atoms with Gasteiger partial charge in [0.15, 0.2) is 0 Å². The van der Waals surface area contributed by atoms with Crippen molar-refractivity contribution in [2.75, 3.05) is 0 Å². The molecule has 1 heterocycles. The highest BCUT2D eigenvalue weighted by molar-refractivity contribution is 5.47. The molecular formula is C14H16NO. The van der Waals surface area contributed by atoms with E-state index in [9.17, 15) is 0 Å². The van der Waals surface area contributed by atoms with Crippen molar-refractivity contribution in [2.45, 2.75) is 38.7 Å². The van der Waals surface area contributed by atoms with Crippen LogP contribution in [-0.4, -0.2) is 5.60 Å². The minimum Gasteiger partial charge on any atom is -0.487 e. The van der Waals surface area contributed by atoms with Gasteiger partial charge >= 0.3 is 0 Å². The molecule has 2 nitrogen and oxygen atoms in total. The molecular weight excluding hydrogens is 198 g/mol. The van der Waals surface area contributed by atoms with Crippen molar-refractivity contribution >= 4 is 0 Å². The summed E-state index contributed by atoms with van der Waals surface area (Å²) < 4.78 is 6.08. The van der Waals surface area contributed by atoms with E-state index in [1.54, 1.807) is 0 Å². The first-order chi connectivity index (χ1) is 7.73. The summed E-state index contributed by atoms with van der Waals surface area (Å²) in [5, 5.41) is 8.83. The zero-order valence-corrected chi connectivity index (χ0v) is 9.79. The first kappa shape index (κ1) is 11.0. The Morgan fingerprint density at radius 3 is 2.75 bits per heavy atom. The van der Waals surface area contributed by atoms with E-state index in [2.05, 4.69) is 26.3 Å². The fourth-order valence-electron chi connectivity index (χ4n) is 2.12. The van der Waals surface area contributed by atoms with Crippen LogP contribution in [0.1, 0.15) is 44.2 Å². The van der Waals surface area contributed by atoms with Crippen LogP contribution in [0.15, 0.2) is 18.2 Å². The van der Waals surface area contributed by atoms with Crippen molar-refractivity contribution in [3.05, 3.63) is 35.7 Å². The molecule has 0 aliphatic carbocycles. The zero-order valence-electron chi connectivity index (χ0n) is 9.79. The Morgan fingerprint density at radius 1 is 1.38 bits per heavy atom. The Kier molecular flexibility index (Phi) is 2.87. The van der Waals surface area contributed by atoms with E-state index in [4.69, 9.17) is 10.00 Å². The normalized spacial score (nSPS) is 17.1. The highest BCUT2D eigenvalue weighted by Gasteiger charge is 2.32. The monoisotopic (exact) mass is 214 g/mol. The quantitative estimate of drug-likeness (QED) is 0.755. The number of rotatable bonds is 2. The molecule has 0 fully saturated rings. The minimum atomic E-state index is -0.0405. The molecule has 0 unspecified atom stereocenters. The van der Waals surface area contributed by atoms with Gasteiger partial charge in [-0.3, -0.25) is 0 Å². The Morgan fingerprint density at radius 2 is 2.12 bits per heavy atom. The van der Waals surface area contributed by atoms with Crippen LogP contribution in [0, 0.1) is 17.8 Å². The Balaban J connectivity index is 2.32. The number of hydrogen-bond acceptors (Lipinski definition) is 2. The fraction of sp³-hybridized carbons (Fsp3) is 0.429. The molecule has 0 saturated carbocycles. The summed E-state index contributed by atoms with van der Waals surface area (Å²) in [6.07, 6.45) is 5.15. The van der Waals surface area contributed by atoms with Gasteiger partial charge in [0, 0.05) is 0 Å². The van der Waals surface area contributed by atoms with Crippen LogP contribution in [0.25, 0.3) is 0 Å². The van der Waals surface area contributed by atoms with E-state index in [1.807, 2.05) is 18.2 Å². The number of ether oxygens (including phenoxy) is 1. The van der Waals surface area contributed by atoms with Crippen LogP contribution in [0.3, 0.4) is 0 Å². The third kappa shape index (κ3) is 1.78. The molecule has 0 spiro atoms. The molecule has 0 aromatic heterocycles. The molecule has 0 bridgehead atoms. The molecule has 1 aromatic carbocycles. The predicted octanol–water partition coefficient (Wildman–Crippen LogP) is 3.45. The second-order valence-electron chi connectivity index (χ2n) is 4.26. The smallest absolute Gasteiger partial charge is 0.123 e. The van der Waals surface area contributed by atoms with E-state index in [0.29, 0.717) is 5.56 Å². The predicted molar refractivity (Wildman–Crippen MR) is 63.1 cm³/mol. The molecule has 1 radical (unpaired) electrons. The van der Waals surface area contributed by atoms with Gasteiger partial charge in [-0.05, 0) is 49.4 Å². The largest absolute Gasteiger partial charge is 0.487 e. The molecule has 1 aliphatic rings. The van der Waals surface area contributed by atoms with Crippen LogP contribution >= 0.6 is 0 Å². The van der Waals surface area contributed by atoms with Gasteiger partial charge in [-0.2, -0.15) is 5.26 Å². The van der Waals surface area contributed by atoms with Gasteiger partial charge in [-0.25, -0.2) is 0 Å². The Bertz CT molecular complexity index is 427. The number of hydrogen-bond donors (Lipinski definition) is 0. The van der Waals surface area contributed by atoms with Crippen molar-refractivity contribution in [2.24, 2.45) is 0 Å². The van der Waals surface area contributed by atoms with Crippen LogP contribution in [0.5, 0.6) is 5.75 Å². The second kappa shape index (κ2) is 4.17. The molecule has 2 rings (SSSR count). The number of fused-ring (bicyclic) bond motifs is 1. The SMILES string of the molecule is CCC1(CC)C[CH]c2cc(C#N)ccc2O1. The Hall–Kier alpha value is -1.49. The van der Waals surface area contributed by atoms with E-state index in [0.717, 1.165) is 30.6 Å². The highest BCUT2D eigenvalue weighted by atomic mass is 16.5. The van der Waals surface area contributed by atoms with Gasteiger partial charge in [-0.1, -0.05) is 13.8 Å². The van der Waals surface area contributed by atoms with Gasteiger partial charge in [0.05, 0.1) is 11.6 Å². The zero-order chi connectivity index (χ0) is 11.6. The van der Waals surface area contributed by atoms with Crippen LogP contribution in [0.4, 0.5) is 0 Å². The summed E-state index contributed by atoms with van der Waals surface area (Å²) >= 11 is 0. The van der Waals surface area contributed by atoms with Gasteiger partial charge in [-0.15, -0.1) is 0 Å². The maximum Gasteiger partial charge on any atom is 0.123 e. The van der Waals surface area contributed by atoms with Crippen molar-refractivity contribution in [1.29, 1.82) is 5.26 Å². The molecule has 16 heavy (non-hydrogen) atoms. The van der Waals surface area contributed by atoms with Crippen LogP contribution in [-0.2, 0) is 0 Å². The van der Waals surface area contributed by atoms with Gasteiger partial charge < -0.3 is 4.74 Å². The number of benzene rings is 1. The standard InChI is InChI=1S/C14H16NO/c1-3-14(4-2)8-7-12-9-11(10-15)5-6-13(12)16-14/h5-7,9H,3-4,8H2,1-2H3. The van der Waals surface area contributed by atoms with Gasteiger partial charge in [0.2, 0.25) is 0 Å². The minimum absolute atomic E-state index is 0.0405. The molecule has 83 valence electrons. The summed E-state index contributed by atoms with van der Waals surface area (Å²) in [5.74, 6) is 0.911.